The minimum atomic E-state index is -4.04. The summed E-state index contributed by atoms with van der Waals surface area (Å²) in [6, 6.07) is 8.14. The zero-order valence-corrected chi connectivity index (χ0v) is 15.0. The highest BCUT2D eigenvalue weighted by Gasteiger charge is 2.22. The number of amides is 2. The molecule has 3 N–H and O–H groups in total. The quantitative estimate of drug-likeness (QED) is 0.633. The molecule has 0 radical (unpaired) electrons. The van der Waals surface area contributed by atoms with Crippen LogP contribution in [0.4, 0.5) is 8.78 Å². The molecule has 0 saturated carbocycles. The standard InChI is InChI=1S/C17H17F2N3O4S/c1-11(22-27(25,26)15-8-6-14(19)7-9-15)17(24)21-20-16(23)10-12-2-4-13(18)5-3-12/h2-9,11,22H,10H2,1H3,(H,20,23)(H,21,24)/t11-/m0/s1. The Kier molecular flexibility index (Phi) is 6.59. The average molecular weight is 397 g/mol. The topological polar surface area (TPSA) is 104 Å². The Morgan fingerprint density at radius 1 is 0.926 bits per heavy atom. The number of hydrazine groups is 1. The summed E-state index contributed by atoms with van der Waals surface area (Å²) in [7, 11) is -4.04. The van der Waals surface area contributed by atoms with E-state index in [9.17, 15) is 26.8 Å². The second-order valence-electron chi connectivity index (χ2n) is 5.64. The molecule has 27 heavy (non-hydrogen) atoms. The predicted molar refractivity (Wildman–Crippen MR) is 92.6 cm³/mol. The van der Waals surface area contributed by atoms with E-state index in [1.165, 1.54) is 31.2 Å². The molecule has 0 bridgehead atoms. The van der Waals surface area contributed by atoms with Gasteiger partial charge in [-0.25, -0.2) is 17.2 Å². The summed E-state index contributed by atoms with van der Waals surface area (Å²) in [4.78, 5) is 23.5. The Labute approximate surface area is 154 Å². The number of nitrogens with one attached hydrogen (secondary N) is 3. The summed E-state index contributed by atoms with van der Waals surface area (Å²) < 4.78 is 52.1. The lowest BCUT2D eigenvalue weighted by molar-refractivity contribution is -0.129. The minimum absolute atomic E-state index is 0.101. The Morgan fingerprint density at radius 2 is 1.44 bits per heavy atom. The van der Waals surface area contributed by atoms with Crippen molar-refractivity contribution >= 4 is 21.8 Å². The van der Waals surface area contributed by atoms with E-state index < -0.39 is 39.5 Å². The van der Waals surface area contributed by atoms with Crippen molar-refractivity contribution in [3.05, 3.63) is 65.7 Å². The van der Waals surface area contributed by atoms with E-state index in [-0.39, 0.29) is 11.3 Å². The van der Waals surface area contributed by atoms with Crippen LogP contribution in [0.5, 0.6) is 0 Å². The molecule has 2 amide bonds. The van der Waals surface area contributed by atoms with Crippen LogP contribution in [0.3, 0.4) is 0 Å². The first-order valence-corrected chi connectivity index (χ1v) is 9.27. The van der Waals surface area contributed by atoms with Crippen LogP contribution in [-0.4, -0.2) is 26.3 Å². The van der Waals surface area contributed by atoms with Crippen LogP contribution < -0.4 is 15.6 Å². The highest BCUT2D eigenvalue weighted by atomic mass is 32.2. The van der Waals surface area contributed by atoms with E-state index in [1.54, 1.807) is 0 Å². The molecule has 1 atom stereocenters. The van der Waals surface area contributed by atoms with Crippen molar-refractivity contribution in [2.45, 2.75) is 24.3 Å². The second kappa shape index (κ2) is 8.69. The first-order chi connectivity index (χ1) is 12.7. The molecule has 0 aromatic heterocycles. The van der Waals surface area contributed by atoms with Gasteiger partial charge < -0.3 is 0 Å². The lowest BCUT2D eigenvalue weighted by Crippen LogP contribution is -2.51. The minimum Gasteiger partial charge on any atom is -0.273 e. The Balaban J connectivity index is 1.86. The number of carbonyl (C=O) groups excluding carboxylic acids is 2. The summed E-state index contributed by atoms with van der Waals surface area (Å²) in [6.45, 7) is 1.28. The van der Waals surface area contributed by atoms with E-state index in [0.717, 1.165) is 24.3 Å². The van der Waals surface area contributed by atoms with Crippen LogP contribution in [0.2, 0.25) is 0 Å². The van der Waals surface area contributed by atoms with Crippen molar-refractivity contribution < 1.29 is 26.8 Å². The van der Waals surface area contributed by atoms with Crippen LogP contribution in [0.15, 0.2) is 53.4 Å². The van der Waals surface area contributed by atoms with Gasteiger partial charge in [0, 0.05) is 0 Å². The maximum Gasteiger partial charge on any atom is 0.256 e. The fraction of sp³-hybridized carbons (Fsp3) is 0.176. The molecule has 0 spiro atoms. The van der Waals surface area contributed by atoms with Gasteiger partial charge in [0.05, 0.1) is 17.4 Å². The van der Waals surface area contributed by atoms with E-state index in [1.807, 2.05) is 0 Å². The summed E-state index contributed by atoms with van der Waals surface area (Å²) in [5.74, 6) is -2.39. The van der Waals surface area contributed by atoms with Gasteiger partial charge in [-0.05, 0) is 48.9 Å². The third-order valence-electron chi connectivity index (χ3n) is 3.45. The molecule has 0 unspecified atom stereocenters. The number of carbonyl (C=O) groups is 2. The van der Waals surface area contributed by atoms with Crippen LogP contribution in [-0.2, 0) is 26.0 Å². The summed E-state index contributed by atoms with van der Waals surface area (Å²) in [5.41, 5.74) is 4.78. The molecule has 0 aliphatic carbocycles. The summed E-state index contributed by atoms with van der Waals surface area (Å²) >= 11 is 0. The smallest absolute Gasteiger partial charge is 0.256 e. The fourth-order valence-corrected chi connectivity index (χ4v) is 3.24. The third kappa shape index (κ3) is 6.12. The molecule has 0 saturated heterocycles. The average Bonchev–Trinajstić information content (AvgIpc) is 2.61. The van der Waals surface area contributed by atoms with Crippen LogP contribution in [0.1, 0.15) is 12.5 Å². The number of halogens is 2. The van der Waals surface area contributed by atoms with Crippen molar-refractivity contribution in [3.8, 4) is 0 Å². The first kappa shape index (κ1) is 20.5. The van der Waals surface area contributed by atoms with Crippen LogP contribution in [0.25, 0.3) is 0 Å². The Morgan fingerprint density at radius 3 is 2.00 bits per heavy atom. The van der Waals surface area contributed by atoms with Gasteiger partial charge in [-0.2, -0.15) is 4.72 Å². The molecular formula is C17H17F2N3O4S. The Bertz CT molecular complexity index is 916. The lowest BCUT2D eigenvalue weighted by atomic mass is 10.1. The van der Waals surface area contributed by atoms with Crippen molar-refractivity contribution in [3.63, 3.8) is 0 Å². The predicted octanol–water partition coefficient (Wildman–Crippen LogP) is 1.02. The number of benzene rings is 2. The zero-order chi connectivity index (χ0) is 20.0. The highest BCUT2D eigenvalue weighted by molar-refractivity contribution is 7.89. The van der Waals surface area contributed by atoms with Gasteiger partial charge in [-0.1, -0.05) is 12.1 Å². The van der Waals surface area contributed by atoms with Crippen molar-refractivity contribution in [1.82, 2.24) is 15.6 Å². The number of rotatable bonds is 6. The number of hydrogen-bond acceptors (Lipinski definition) is 4. The molecule has 2 rings (SSSR count). The maximum atomic E-state index is 12.9. The van der Waals surface area contributed by atoms with E-state index in [0.29, 0.717) is 5.56 Å². The van der Waals surface area contributed by atoms with E-state index >= 15 is 0 Å². The van der Waals surface area contributed by atoms with Gasteiger partial charge in [0.15, 0.2) is 0 Å². The molecule has 10 heteroatoms. The molecule has 2 aromatic carbocycles. The van der Waals surface area contributed by atoms with E-state index in [4.69, 9.17) is 0 Å². The Hall–Kier alpha value is -2.85. The third-order valence-corrected chi connectivity index (χ3v) is 5.01. The summed E-state index contributed by atoms with van der Waals surface area (Å²) in [6.07, 6.45) is -0.101. The fourth-order valence-electron chi connectivity index (χ4n) is 2.04. The SMILES string of the molecule is C[C@H](NS(=O)(=O)c1ccc(F)cc1)C(=O)NNC(=O)Cc1ccc(F)cc1. The first-order valence-electron chi connectivity index (χ1n) is 7.78. The van der Waals surface area contributed by atoms with Gasteiger partial charge in [-0.3, -0.25) is 20.4 Å². The summed E-state index contributed by atoms with van der Waals surface area (Å²) in [5, 5.41) is 0. The number of hydrogen-bond donors (Lipinski definition) is 3. The van der Waals surface area contributed by atoms with Gasteiger partial charge in [0.2, 0.25) is 15.9 Å². The maximum absolute atomic E-state index is 12.9. The van der Waals surface area contributed by atoms with Crippen molar-refractivity contribution in [2.75, 3.05) is 0 Å². The molecule has 0 aliphatic rings. The van der Waals surface area contributed by atoms with Gasteiger partial charge >= 0.3 is 0 Å². The molecule has 144 valence electrons. The van der Waals surface area contributed by atoms with Gasteiger partial charge in [0.25, 0.3) is 5.91 Å². The molecule has 0 heterocycles. The molecule has 0 aliphatic heterocycles. The second-order valence-corrected chi connectivity index (χ2v) is 7.35. The van der Waals surface area contributed by atoms with Crippen LogP contribution >= 0.6 is 0 Å². The van der Waals surface area contributed by atoms with Gasteiger partial charge in [-0.15, -0.1) is 0 Å². The van der Waals surface area contributed by atoms with E-state index in [2.05, 4.69) is 15.6 Å². The monoisotopic (exact) mass is 397 g/mol. The van der Waals surface area contributed by atoms with Crippen LogP contribution in [0, 0.1) is 11.6 Å². The lowest BCUT2D eigenvalue weighted by Gasteiger charge is -2.15. The molecule has 0 fully saturated rings. The normalized spacial score (nSPS) is 12.3. The van der Waals surface area contributed by atoms with Crippen molar-refractivity contribution in [1.29, 1.82) is 0 Å². The highest BCUT2D eigenvalue weighted by Crippen LogP contribution is 2.10. The van der Waals surface area contributed by atoms with Gasteiger partial charge in [0.1, 0.15) is 11.6 Å². The molecular weight excluding hydrogens is 380 g/mol. The largest absolute Gasteiger partial charge is 0.273 e. The number of sulfonamides is 1. The zero-order valence-electron chi connectivity index (χ0n) is 14.2. The molecule has 2 aromatic rings. The van der Waals surface area contributed by atoms with Crippen molar-refractivity contribution in [2.24, 2.45) is 0 Å². The molecule has 7 nitrogen and oxygen atoms in total.